The molecule has 19 heavy (non-hydrogen) atoms. The predicted octanol–water partition coefficient (Wildman–Crippen LogP) is 2.81. The molecule has 0 atom stereocenters. The van der Waals surface area contributed by atoms with Gasteiger partial charge in [-0.3, -0.25) is 10.1 Å². The van der Waals surface area contributed by atoms with Crippen LogP contribution in [0.2, 0.25) is 0 Å². The van der Waals surface area contributed by atoms with Crippen LogP contribution in [0.15, 0.2) is 30.3 Å². The number of nitrogen functional groups attached to an aromatic ring is 1. The minimum absolute atomic E-state index is 0.0665. The van der Waals surface area contributed by atoms with Crippen molar-refractivity contribution in [3.05, 3.63) is 51.8 Å². The molecular formula is C12H10FN3O3. The average molecular weight is 263 g/mol. The number of pyridine rings is 1. The van der Waals surface area contributed by atoms with E-state index in [0.29, 0.717) is 5.56 Å². The van der Waals surface area contributed by atoms with Crippen LogP contribution in [0, 0.1) is 22.9 Å². The molecule has 0 aliphatic rings. The molecule has 0 saturated carbocycles. The highest BCUT2D eigenvalue weighted by molar-refractivity contribution is 5.53. The monoisotopic (exact) mass is 263 g/mol. The highest BCUT2D eigenvalue weighted by Crippen LogP contribution is 2.27. The van der Waals surface area contributed by atoms with Gasteiger partial charge in [-0.05, 0) is 18.6 Å². The second kappa shape index (κ2) is 4.89. The van der Waals surface area contributed by atoms with Crippen molar-refractivity contribution in [1.82, 2.24) is 4.98 Å². The molecule has 98 valence electrons. The fourth-order valence-corrected chi connectivity index (χ4v) is 1.46. The molecule has 7 heteroatoms. The molecule has 2 rings (SSSR count). The Hall–Kier alpha value is -2.70. The van der Waals surface area contributed by atoms with E-state index >= 15 is 0 Å². The van der Waals surface area contributed by atoms with Gasteiger partial charge in [0.2, 0.25) is 11.7 Å². The molecule has 0 bridgehead atoms. The minimum Gasteiger partial charge on any atom is -0.439 e. The number of nitrogens with two attached hydrogens (primary N) is 1. The summed E-state index contributed by atoms with van der Waals surface area (Å²) in [6.45, 7) is 1.74. The maximum Gasteiger partial charge on any atom is 0.311 e. The van der Waals surface area contributed by atoms with Crippen LogP contribution in [0.4, 0.5) is 15.9 Å². The van der Waals surface area contributed by atoms with Gasteiger partial charge in [0.15, 0.2) is 0 Å². The molecule has 0 fully saturated rings. The number of aryl methyl sites for hydroxylation is 1. The van der Waals surface area contributed by atoms with E-state index in [9.17, 15) is 14.5 Å². The van der Waals surface area contributed by atoms with Crippen molar-refractivity contribution < 1.29 is 14.1 Å². The van der Waals surface area contributed by atoms with Gasteiger partial charge in [0.1, 0.15) is 11.6 Å². The lowest BCUT2D eigenvalue weighted by molar-refractivity contribution is -0.384. The molecular weight excluding hydrogens is 253 g/mol. The third kappa shape index (κ3) is 2.76. The van der Waals surface area contributed by atoms with Gasteiger partial charge in [-0.2, -0.15) is 4.98 Å². The van der Waals surface area contributed by atoms with Gasteiger partial charge >= 0.3 is 5.69 Å². The van der Waals surface area contributed by atoms with Gasteiger partial charge in [-0.1, -0.05) is 6.07 Å². The van der Waals surface area contributed by atoms with Crippen molar-refractivity contribution in [3.8, 4) is 11.6 Å². The van der Waals surface area contributed by atoms with Gasteiger partial charge < -0.3 is 10.5 Å². The first-order valence-electron chi connectivity index (χ1n) is 5.32. The van der Waals surface area contributed by atoms with E-state index in [2.05, 4.69) is 4.98 Å². The third-order valence-corrected chi connectivity index (χ3v) is 2.44. The van der Waals surface area contributed by atoms with Gasteiger partial charge in [-0.15, -0.1) is 0 Å². The number of rotatable bonds is 3. The summed E-state index contributed by atoms with van der Waals surface area (Å²) in [5.41, 5.74) is 5.84. The number of benzene rings is 1. The highest BCUT2D eigenvalue weighted by atomic mass is 19.1. The van der Waals surface area contributed by atoms with Crippen LogP contribution in [0.5, 0.6) is 11.6 Å². The standard InChI is InChI=1S/C12H10FN3O3/c1-7-2-3-8(13)6-10(7)19-11-5-4-9(16(17)18)12(14)15-11/h2-6H,1H3,(H2,14,15). The zero-order valence-corrected chi connectivity index (χ0v) is 9.96. The maximum absolute atomic E-state index is 13.1. The van der Waals surface area contributed by atoms with Crippen LogP contribution >= 0.6 is 0 Å². The largest absolute Gasteiger partial charge is 0.439 e. The lowest BCUT2D eigenvalue weighted by Crippen LogP contribution is -2.00. The number of anilines is 1. The molecule has 2 N–H and O–H groups in total. The Morgan fingerprint density at radius 3 is 2.74 bits per heavy atom. The first-order chi connectivity index (χ1) is 8.97. The quantitative estimate of drug-likeness (QED) is 0.679. The Balaban J connectivity index is 2.31. The van der Waals surface area contributed by atoms with Crippen LogP contribution in [0.1, 0.15) is 5.56 Å². The number of nitro groups is 1. The fraction of sp³-hybridized carbons (Fsp3) is 0.0833. The molecule has 0 aliphatic carbocycles. The molecule has 0 radical (unpaired) electrons. The predicted molar refractivity (Wildman–Crippen MR) is 66.5 cm³/mol. The smallest absolute Gasteiger partial charge is 0.311 e. The average Bonchev–Trinajstić information content (AvgIpc) is 2.33. The summed E-state index contributed by atoms with van der Waals surface area (Å²) >= 11 is 0. The summed E-state index contributed by atoms with van der Waals surface area (Å²) in [6.07, 6.45) is 0. The Bertz CT molecular complexity index is 646. The van der Waals surface area contributed by atoms with Crippen molar-refractivity contribution in [1.29, 1.82) is 0 Å². The lowest BCUT2D eigenvalue weighted by Gasteiger charge is -2.08. The van der Waals surface area contributed by atoms with Crippen LogP contribution in [0.3, 0.4) is 0 Å². The number of ether oxygens (including phenoxy) is 1. The lowest BCUT2D eigenvalue weighted by atomic mass is 10.2. The number of halogens is 1. The number of hydrogen-bond donors (Lipinski definition) is 1. The zero-order valence-electron chi connectivity index (χ0n) is 9.96. The van der Waals surface area contributed by atoms with E-state index in [1.165, 1.54) is 24.3 Å². The zero-order chi connectivity index (χ0) is 14.0. The molecule has 1 heterocycles. The summed E-state index contributed by atoms with van der Waals surface area (Å²) in [5, 5.41) is 10.6. The summed E-state index contributed by atoms with van der Waals surface area (Å²) in [5.74, 6) is -0.357. The van der Waals surface area contributed by atoms with Crippen molar-refractivity contribution >= 4 is 11.5 Å². The molecule has 0 unspecified atom stereocenters. The maximum atomic E-state index is 13.1. The Kier molecular flexibility index (Phi) is 3.28. The minimum atomic E-state index is -0.639. The Labute approximate surface area is 107 Å². The third-order valence-electron chi connectivity index (χ3n) is 2.44. The summed E-state index contributed by atoms with van der Waals surface area (Å²) in [7, 11) is 0. The van der Waals surface area contributed by atoms with Crippen LogP contribution in [-0.2, 0) is 0 Å². The van der Waals surface area contributed by atoms with Crippen molar-refractivity contribution in [3.63, 3.8) is 0 Å². The van der Waals surface area contributed by atoms with Crippen LogP contribution in [0.25, 0.3) is 0 Å². The first kappa shape index (κ1) is 12.7. The van der Waals surface area contributed by atoms with Crippen molar-refractivity contribution in [2.24, 2.45) is 0 Å². The second-order valence-corrected chi connectivity index (χ2v) is 3.82. The van der Waals surface area contributed by atoms with Crippen molar-refractivity contribution in [2.45, 2.75) is 6.92 Å². The van der Waals surface area contributed by atoms with E-state index < -0.39 is 10.7 Å². The Morgan fingerprint density at radius 1 is 1.37 bits per heavy atom. The van der Waals surface area contributed by atoms with Crippen molar-refractivity contribution in [2.75, 3.05) is 5.73 Å². The molecule has 1 aromatic carbocycles. The summed E-state index contributed by atoms with van der Waals surface area (Å²) in [6, 6.07) is 6.55. The molecule has 1 aromatic heterocycles. The van der Waals surface area contributed by atoms with Gasteiger partial charge in [0.25, 0.3) is 0 Å². The molecule has 0 saturated heterocycles. The van der Waals surface area contributed by atoms with Crippen LogP contribution < -0.4 is 10.5 Å². The van der Waals surface area contributed by atoms with E-state index in [-0.39, 0.29) is 23.1 Å². The van der Waals surface area contributed by atoms with E-state index in [4.69, 9.17) is 10.5 Å². The second-order valence-electron chi connectivity index (χ2n) is 3.82. The summed E-state index contributed by atoms with van der Waals surface area (Å²) in [4.78, 5) is 13.7. The van der Waals surface area contributed by atoms with E-state index in [0.717, 1.165) is 0 Å². The normalized spacial score (nSPS) is 10.2. The van der Waals surface area contributed by atoms with Gasteiger partial charge in [-0.25, -0.2) is 4.39 Å². The number of nitrogens with zero attached hydrogens (tertiary/aromatic N) is 2. The number of hydrogen-bond acceptors (Lipinski definition) is 5. The SMILES string of the molecule is Cc1ccc(F)cc1Oc1ccc([N+](=O)[O-])c(N)n1. The molecule has 2 aromatic rings. The number of aromatic nitrogens is 1. The van der Waals surface area contributed by atoms with Gasteiger partial charge in [0, 0.05) is 18.2 Å². The molecule has 0 amide bonds. The van der Waals surface area contributed by atoms with Gasteiger partial charge in [0.05, 0.1) is 4.92 Å². The topological polar surface area (TPSA) is 91.3 Å². The first-order valence-corrected chi connectivity index (χ1v) is 5.32. The molecule has 0 spiro atoms. The molecule has 0 aliphatic heterocycles. The highest BCUT2D eigenvalue weighted by Gasteiger charge is 2.14. The van der Waals surface area contributed by atoms with E-state index in [1.54, 1.807) is 13.0 Å². The summed E-state index contributed by atoms with van der Waals surface area (Å²) < 4.78 is 18.4. The fourth-order valence-electron chi connectivity index (χ4n) is 1.46. The van der Waals surface area contributed by atoms with Crippen LogP contribution in [-0.4, -0.2) is 9.91 Å². The Morgan fingerprint density at radius 2 is 2.11 bits per heavy atom. The van der Waals surface area contributed by atoms with E-state index in [1.807, 2.05) is 0 Å². The molecule has 6 nitrogen and oxygen atoms in total.